The molecule has 2 amide bonds. The number of nitrogens with zero attached hydrogens (tertiary/aromatic N) is 2. The summed E-state index contributed by atoms with van der Waals surface area (Å²) in [7, 11) is 1.33. The Kier molecular flexibility index (Phi) is 14.8. The summed E-state index contributed by atoms with van der Waals surface area (Å²) < 4.78 is 28.2. The van der Waals surface area contributed by atoms with Gasteiger partial charge in [-0.25, -0.2) is 19.4 Å². The number of alkyl carbamates (subject to hydrolysis) is 1. The van der Waals surface area contributed by atoms with Crippen LogP contribution in [0.1, 0.15) is 120 Å². The number of benzene rings is 2. The SMILES string of the molecule is COC(=O)c1cc(C)nc(OCCCCOc2cccc(C[C@H](NC(=O)OC(C)(C)C)[C@H](O)CN(C(=O)OC(C)(C)C)C3(c4cccc(C(C)C)c4)CC3)c2)c1. The number of rotatable bonds is 17. The Morgan fingerprint density at radius 3 is 2.18 bits per heavy atom. The Labute approximate surface area is 332 Å². The minimum Gasteiger partial charge on any atom is -0.494 e. The van der Waals surface area contributed by atoms with E-state index in [4.69, 9.17) is 23.7 Å². The Morgan fingerprint density at radius 1 is 0.893 bits per heavy atom. The first-order chi connectivity index (χ1) is 26.3. The van der Waals surface area contributed by atoms with E-state index >= 15 is 0 Å². The number of aliphatic hydroxyl groups excluding tert-OH is 1. The minimum absolute atomic E-state index is 0.0817. The van der Waals surface area contributed by atoms with Crippen molar-refractivity contribution in [2.45, 2.75) is 129 Å². The fourth-order valence-electron chi connectivity index (χ4n) is 6.35. The summed E-state index contributed by atoms with van der Waals surface area (Å²) in [5, 5.41) is 14.9. The number of unbranched alkanes of at least 4 members (excludes halogenated alkanes) is 1. The topological polar surface area (TPSA) is 146 Å². The number of aromatic nitrogens is 1. The van der Waals surface area contributed by atoms with Crippen LogP contribution in [0, 0.1) is 6.92 Å². The van der Waals surface area contributed by atoms with Crippen LogP contribution in [0.4, 0.5) is 9.59 Å². The average molecular weight is 776 g/mol. The summed E-state index contributed by atoms with van der Waals surface area (Å²) in [4.78, 5) is 45.0. The van der Waals surface area contributed by atoms with E-state index in [1.54, 1.807) is 44.7 Å². The van der Waals surface area contributed by atoms with Crippen molar-refractivity contribution in [3.8, 4) is 11.6 Å². The highest BCUT2D eigenvalue weighted by atomic mass is 16.6. The Hall–Kier alpha value is -4.84. The van der Waals surface area contributed by atoms with Gasteiger partial charge in [-0.2, -0.15) is 0 Å². The summed E-state index contributed by atoms with van der Waals surface area (Å²) in [5.41, 5.74) is 1.84. The first kappa shape index (κ1) is 43.9. The van der Waals surface area contributed by atoms with E-state index < -0.39 is 47.0 Å². The predicted octanol–water partition coefficient (Wildman–Crippen LogP) is 8.26. The van der Waals surface area contributed by atoms with Crippen molar-refractivity contribution in [3.63, 3.8) is 0 Å². The summed E-state index contributed by atoms with van der Waals surface area (Å²) in [5.74, 6) is 0.843. The van der Waals surface area contributed by atoms with Crippen LogP contribution in [0.25, 0.3) is 0 Å². The zero-order valence-electron chi connectivity index (χ0n) is 34.8. The van der Waals surface area contributed by atoms with E-state index in [9.17, 15) is 19.5 Å². The van der Waals surface area contributed by atoms with E-state index in [2.05, 4.69) is 36.3 Å². The smallest absolute Gasteiger partial charge is 0.411 e. The second-order valence-corrected chi connectivity index (χ2v) is 16.8. The number of hydrogen-bond acceptors (Lipinski definition) is 10. The highest BCUT2D eigenvalue weighted by Gasteiger charge is 2.53. The lowest BCUT2D eigenvalue weighted by molar-refractivity contribution is -0.00670. The minimum atomic E-state index is -1.18. The molecule has 2 atom stereocenters. The molecular formula is C44H61N3O9. The Bertz CT molecular complexity index is 1790. The summed E-state index contributed by atoms with van der Waals surface area (Å²) >= 11 is 0. The van der Waals surface area contributed by atoms with Crippen molar-refractivity contribution in [1.29, 1.82) is 0 Å². The van der Waals surface area contributed by atoms with Crippen molar-refractivity contribution in [1.82, 2.24) is 15.2 Å². The van der Waals surface area contributed by atoms with Crippen LogP contribution < -0.4 is 14.8 Å². The molecule has 0 unspecified atom stereocenters. The van der Waals surface area contributed by atoms with E-state index in [1.807, 2.05) is 57.2 Å². The molecule has 2 N–H and O–H groups in total. The Morgan fingerprint density at radius 2 is 1.55 bits per heavy atom. The van der Waals surface area contributed by atoms with Crippen LogP contribution in [-0.4, -0.2) is 83.4 Å². The molecule has 0 bridgehead atoms. The van der Waals surface area contributed by atoms with Gasteiger partial charge in [0.1, 0.15) is 17.0 Å². The number of carbonyl (C=O) groups is 3. The normalized spacial score (nSPS) is 14.6. The fraction of sp³-hybridized carbons (Fsp3) is 0.545. The molecule has 1 aromatic heterocycles. The molecule has 0 aliphatic heterocycles. The van der Waals surface area contributed by atoms with Gasteiger partial charge in [-0.15, -0.1) is 0 Å². The van der Waals surface area contributed by atoms with Crippen molar-refractivity contribution in [3.05, 3.63) is 88.6 Å². The number of nitrogens with one attached hydrogen (secondary N) is 1. The molecule has 1 aliphatic carbocycles. The molecule has 56 heavy (non-hydrogen) atoms. The van der Waals surface area contributed by atoms with Gasteiger partial charge in [0.05, 0.1) is 50.1 Å². The quantitative estimate of drug-likeness (QED) is 0.0781. The Balaban J connectivity index is 1.46. The molecule has 0 radical (unpaired) electrons. The molecule has 1 saturated carbocycles. The summed E-state index contributed by atoms with van der Waals surface area (Å²) in [6.45, 7) is 17.6. The number of ether oxygens (including phenoxy) is 5. The maximum absolute atomic E-state index is 13.9. The van der Waals surface area contributed by atoms with Gasteiger partial charge in [0.25, 0.3) is 0 Å². The zero-order chi connectivity index (χ0) is 41.3. The number of amides is 2. The molecule has 306 valence electrons. The van der Waals surface area contributed by atoms with Crippen LogP contribution >= 0.6 is 0 Å². The zero-order valence-corrected chi connectivity index (χ0v) is 34.8. The number of carbonyl (C=O) groups excluding carboxylic acids is 3. The summed E-state index contributed by atoms with van der Waals surface area (Å²) in [6.07, 6.45) is 0.676. The van der Waals surface area contributed by atoms with Gasteiger partial charge in [0, 0.05) is 11.8 Å². The molecule has 0 saturated heterocycles. The van der Waals surface area contributed by atoms with Gasteiger partial charge in [-0.3, -0.25) is 4.90 Å². The first-order valence-corrected chi connectivity index (χ1v) is 19.5. The van der Waals surface area contributed by atoms with E-state index in [0.717, 1.165) is 29.5 Å². The number of aliphatic hydroxyl groups is 1. The lowest BCUT2D eigenvalue weighted by Gasteiger charge is -2.37. The highest BCUT2D eigenvalue weighted by Crippen LogP contribution is 2.52. The van der Waals surface area contributed by atoms with Crippen molar-refractivity contribution >= 4 is 18.2 Å². The van der Waals surface area contributed by atoms with Crippen LogP contribution in [0.2, 0.25) is 0 Å². The monoisotopic (exact) mass is 775 g/mol. The maximum Gasteiger partial charge on any atom is 0.411 e. The molecule has 1 fully saturated rings. The largest absolute Gasteiger partial charge is 0.494 e. The number of pyridine rings is 1. The maximum atomic E-state index is 13.9. The van der Waals surface area contributed by atoms with Gasteiger partial charge in [-0.05, 0) is 121 Å². The van der Waals surface area contributed by atoms with E-state index in [1.165, 1.54) is 7.11 Å². The third kappa shape index (κ3) is 13.1. The van der Waals surface area contributed by atoms with Crippen LogP contribution in [-0.2, 0) is 26.2 Å². The van der Waals surface area contributed by atoms with E-state index in [-0.39, 0.29) is 13.0 Å². The lowest BCUT2D eigenvalue weighted by atomic mass is 9.94. The van der Waals surface area contributed by atoms with Crippen molar-refractivity contribution in [2.75, 3.05) is 26.9 Å². The second-order valence-electron chi connectivity index (χ2n) is 16.8. The fourth-order valence-corrected chi connectivity index (χ4v) is 6.35. The van der Waals surface area contributed by atoms with Crippen molar-refractivity contribution in [2.24, 2.45) is 0 Å². The number of aryl methyl sites for hydroxylation is 1. The van der Waals surface area contributed by atoms with Crippen LogP contribution in [0.15, 0.2) is 60.7 Å². The van der Waals surface area contributed by atoms with Gasteiger partial charge >= 0.3 is 18.2 Å². The molecule has 3 aromatic rings. The number of hydrogen-bond donors (Lipinski definition) is 2. The lowest BCUT2D eigenvalue weighted by Crippen LogP contribution is -2.54. The second kappa shape index (κ2) is 18.9. The number of methoxy groups -OCH3 is 1. The first-order valence-electron chi connectivity index (χ1n) is 19.5. The molecule has 12 heteroatoms. The third-order valence-electron chi connectivity index (χ3n) is 9.24. The highest BCUT2D eigenvalue weighted by molar-refractivity contribution is 5.89. The molecule has 4 rings (SSSR count). The molecule has 2 aromatic carbocycles. The predicted molar refractivity (Wildman–Crippen MR) is 214 cm³/mol. The average Bonchev–Trinajstić information content (AvgIpc) is 3.91. The third-order valence-corrected chi connectivity index (χ3v) is 9.24. The van der Waals surface area contributed by atoms with Gasteiger partial charge < -0.3 is 34.1 Å². The molecule has 1 heterocycles. The van der Waals surface area contributed by atoms with Gasteiger partial charge in [0.2, 0.25) is 5.88 Å². The van der Waals surface area contributed by atoms with E-state index in [0.29, 0.717) is 54.9 Å². The molecule has 12 nitrogen and oxygen atoms in total. The number of esters is 1. The standard InChI is InChI=1S/C44H61N3O9/c1-29(2)32-16-14-17-34(26-32)44(19-20-44)47(41(51)56-43(7,8)9)28-37(48)36(46-40(50)55-42(4,5)6)25-31-15-13-18-35(24-31)53-21-11-12-22-54-38-27-33(39(49)52-10)23-30(3)45-38/h13-18,23-24,26-27,29,36-37,48H,11-12,19-22,25,28H2,1-10H3,(H,46,50)/t36-,37+/m0/s1. The van der Waals surface area contributed by atoms with Gasteiger partial charge in [-0.1, -0.05) is 50.2 Å². The van der Waals surface area contributed by atoms with Crippen molar-refractivity contribution < 1.29 is 43.2 Å². The molecule has 1 aliphatic rings. The van der Waals surface area contributed by atoms with Crippen LogP contribution in [0.5, 0.6) is 11.6 Å². The molecular weight excluding hydrogens is 714 g/mol. The molecule has 0 spiro atoms. The van der Waals surface area contributed by atoms with Gasteiger partial charge in [0.15, 0.2) is 0 Å². The van der Waals surface area contributed by atoms with Crippen LogP contribution in [0.3, 0.4) is 0 Å². The summed E-state index contributed by atoms with van der Waals surface area (Å²) in [6, 6.07) is 18.1.